The molecule has 0 aliphatic carbocycles. The highest BCUT2D eigenvalue weighted by Crippen LogP contribution is 2.23. The maximum atomic E-state index is 6.14. The Balaban J connectivity index is 2.07. The third kappa shape index (κ3) is 6.49. The molecule has 96 valence electrons. The predicted octanol–water partition coefficient (Wildman–Crippen LogP) is 3.49. The minimum Gasteiger partial charge on any atom is -0.378 e. The van der Waals surface area contributed by atoms with Crippen molar-refractivity contribution >= 4 is 0 Å². The Bertz CT molecular complexity index is 180. The van der Waals surface area contributed by atoms with Gasteiger partial charge in [0, 0.05) is 12.6 Å². The second-order valence-electron chi connectivity index (χ2n) is 6.43. The van der Waals surface area contributed by atoms with Crippen LogP contribution in [0.25, 0.3) is 0 Å². The first-order valence-electron chi connectivity index (χ1n) is 6.84. The molecule has 0 aromatic rings. The number of hydrogen-bond donors (Lipinski definition) is 1. The molecular formula is C14H29NO. The van der Waals surface area contributed by atoms with Gasteiger partial charge in [0.2, 0.25) is 0 Å². The molecule has 0 aromatic heterocycles. The molecule has 1 saturated heterocycles. The van der Waals surface area contributed by atoms with E-state index in [1.165, 1.54) is 25.7 Å². The molecule has 2 heteroatoms. The van der Waals surface area contributed by atoms with E-state index in [4.69, 9.17) is 10.5 Å². The lowest BCUT2D eigenvalue weighted by atomic mass is 9.87. The minimum atomic E-state index is 0.366. The second kappa shape index (κ2) is 6.61. The van der Waals surface area contributed by atoms with Crippen LogP contribution < -0.4 is 5.73 Å². The topological polar surface area (TPSA) is 35.2 Å². The van der Waals surface area contributed by atoms with Gasteiger partial charge in [0.15, 0.2) is 0 Å². The highest BCUT2D eigenvalue weighted by Gasteiger charge is 2.16. The summed E-state index contributed by atoms with van der Waals surface area (Å²) in [4.78, 5) is 0. The van der Waals surface area contributed by atoms with Crippen molar-refractivity contribution < 1.29 is 4.74 Å². The van der Waals surface area contributed by atoms with Crippen LogP contribution in [0.3, 0.4) is 0 Å². The molecule has 0 saturated carbocycles. The molecule has 0 aromatic carbocycles. The first kappa shape index (κ1) is 14.0. The molecule has 2 nitrogen and oxygen atoms in total. The van der Waals surface area contributed by atoms with Crippen LogP contribution in [0.2, 0.25) is 0 Å². The van der Waals surface area contributed by atoms with E-state index >= 15 is 0 Å². The second-order valence-corrected chi connectivity index (χ2v) is 6.43. The molecular weight excluding hydrogens is 198 g/mol. The van der Waals surface area contributed by atoms with Gasteiger partial charge in [0.05, 0.1) is 6.10 Å². The molecule has 0 amide bonds. The maximum absolute atomic E-state index is 6.14. The molecule has 0 bridgehead atoms. The first-order chi connectivity index (χ1) is 7.47. The zero-order chi connectivity index (χ0) is 12.0. The Morgan fingerprint density at radius 3 is 2.56 bits per heavy atom. The summed E-state index contributed by atoms with van der Waals surface area (Å²) in [6.07, 6.45) is 8.97. The summed E-state index contributed by atoms with van der Waals surface area (Å²) in [5.41, 5.74) is 6.56. The number of ether oxygens (including phenoxy) is 1. The van der Waals surface area contributed by atoms with Crippen LogP contribution in [0.5, 0.6) is 0 Å². The minimum absolute atomic E-state index is 0.366. The smallest absolute Gasteiger partial charge is 0.0575 e. The Morgan fingerprint density at radius 1 is 1.25 bits per heavy atom. The third-order valence-corrected chi connectivity index (χ3v) is 3.40. The summed E-state index contributed by atoms with van der Waals surface area (Å²) >= 11 is 0. The zero-order valence-corrected chi connectivity index (χ0v) is 11.3. The third-order valence-electron chi connectivity index (χ3n) is 3.40. The van der Waals surface area contributed by atoms with Gasteiger partial charge in [0.1, 0.15) is 0 Å². The van der Waals surface area contributed by atoms with Crippen LogP contribution >= 0.6 is 0 Å². The Labute approximate surface area is 101 Å². The molecule has 1 rings (SSSR count). The average Bonchev–Trinajstić information content (AvgIpc) is 2.24. The average molecular weight is 227 g/mol. The van der Waals surface area contributed by atoms with Gasteiger partial charge in [-0.05, 0) is 50.4 Å². The number of rotatable bonds is 5. The molecule has 16 heavy (non-hydrogen) atoms. The van der Waals surface area contributed by atoms with Crippen molar-refractivity contribution in [2.75, 3.05) is 6.61 Å². The largest absolute Gasteiger partial charge is 0.378 e. The van der Waals surface area contributed by atoms with E-state index in [1.807, 2.05) is 0 Å². The molecule has 0 radical (unpaired) electrons. The summed E-state index contributed by atoms with van der Waals surface area (Å²) < 4.78 is 5.72. The molecule has 2 unspecified atom stereocenters. The summed E-state index contributed by atoms with van der Waals surface area (Å²) in [7, 11) is 0. The molecule has 1 fully saturated rings. The highest BCUT2D eigenvalue weighted by molar-refractivity contribution is 4.71. The Morgan fingerprint density at radius 2 is 2.00 bits per heavy atom. The van der Waals surface area contributed by atoms with Crippen molar-refractivity contribution in [3.8, 4) is 0 Å². The van der Waals surface area contributed by atoms with Gasteiger partial charge in [-0.1, -0.05) is 20.8 Å². The molecule has 2 N–H and O–H groups in total. The van der Waals surface area contributed by atoms with E-state index < -0.39 is 0 Å². The van der Waals surface area contributed by atoms with Gasteiger partial charge in [-0.15, -0.1) is 0 Å². The van der Waals surface area contributed by atoms with Gasteiger partial charge >= 0.3 is 0 Å². The monoisotopic (exact) mass is 227 g/mol. The van der Waals surface area contributed by atoms with Crippen LogP contribution in [-0.2, 0) is 4.74 Å². The van der Waals surface area contributed by atoms with E-state index in [0.29, 0.717) is 17.6 Å². The zero-order valence-electron chi connectivity index (χ0n) is 11.3. The van der Waals surface area contributed by atoms with Crippen molar-refractivity contribution in [3.05, 3.63) is 0 Å². The van der Waals surface area contributed by atoms with Crippen molar-refractivity contribution in [1.82, 2.24) is 0 Å². The lowest BCUT2D eigenvalue weighted by Crippen LogP contribution is -2.26. The molecule has 1 aliphatic heterocycles. The predicted molar refractivity (Wildman–Crippen MR) is 69.5 cm³/mol. The lowest BCUT2D eigenvalue weighted by Gasteiger charge is -2.25. The Hall–Kier alpha value is -0.0800. The summed E-state index contributed by atoms with van der Waals surface area (Å²) in [5, 5.41) is 0. The lowest BCUT2D eigenvalue weighted by molar-refractivity contribution is 0.00892. The maximum Gasteiger partial charge on any atom is 0.0575 e. The standard InChI is InChI=1S/C14H29NO/c1-14(2,3)10-9-12(15)7-8-13-6-4-5-11-16-13/h12-13H,4-11,15H2,1-3H3. The Kier molecular flexibility index (Phi) is 5.77. The van der Waals surface area contributed by atoms with Crippen molar-refractivity contribution in [2.45, 2.75) is 77.9 Å². The fourth-order valence-corrected chi connectivity index (χ4v) is 2.20. The molecule has 2 atom stereocenters. The molecule has 1 aliphatic rings. The van der Waals surface area contributed by atoms with Crippen LogP contribution in [0.15, 0.2) is 0 Å². The summed E-state index contributed by atoms with van der Waals surface area (Å²) in [6.45, 7) is 7.81. The van der Waals surface area contributed by atoms with E-state index in [1.54, 1.807) is 0 Å². The summed E-state index contributed by atoms with van der Waals surface area (Å²) in [6, 6.07) is 0.366. The van der Waals surface area contributed by atoms with Gasteiger partial charge in [-0.25, -0.2) is 0 Å². The van der Waals surface area contributed by atoms with Gasteiger partial charge in [-0.2, -0.15) is 0 Å². The summed E-state index contributed by atoms with van der Waals surface area (Å²) in [5.74, 6) is 0. The van der Waals surface area contributed by atoms with Crippen LogP contribution in [-0.4, -0.2) is 18.8 Å². The number of hydrogen-bond acceptors (Lipinski definition) is 2. The van der Waals surface area contributed by atoms with Crippen molar-refractivity contribution in [3.63, 3.8) is 0 Å². The molecule has 0 spiro atoms. The quantitative estimate of drug-likeness (QED) is 0.780. The van der Waals surface area contributed by atoms with E-state index in [-0.39, 0.29) is 0 Å². The first-order valence-corrected chi connectivity index (χ1v) is 6.84. The van der Waals surface area contributed by atoms with Gasteiger partial charge in [-0.3, -0.25) is 0 Å². The fraction of sp³-hybridized carbons (Fsp3) is 1.00. The van der Waals surface area contributed by atoms with Gasteiger partial charge < -0.3 is 10.5 Å². The van der Waals surface area contributed by atoms with E-state index in [0.717, 1.165) is 25.9 Å². The van der Waals surface area contributed by atoms with Gasteiger partial charge in [0.25, 0.3) is 0 Å². The highest BCUT2D eigenvalue weighted by atomic mass is 16.5. The van der Waals surface area contributed by atoms with E-state index in [2.05, 4.69) is 20.8 Å². The van der Waals surface area contributed by atoms with Crippen LogP contribution in [0, 0.1) is 5.41 Å². The van der Waals surface area contributed by atoms with E-state index in [9.17, 15) is 0 Å². The van der Waals surface area contributed by atoms with Crippen LogP contribution in [0.4, 0.5) is 0 Å². The number of nitrogens with two attached hydrogens (primary N) is 1. The van der Waals surface area contributed by atoms with Crippen molar-refractivity contribution in [1.29, 1.82) is 0 Å². The fourth-order valence-electron chi connectivity index (χ4n) is 2.20. The van der Waals surface area contributed by atoms with Crippen LogP contribution in [0.1, 0.15) is 65.7 Å². The SMILES string of the molecule is CC(C)(C)CCC(N)CCC1CCCCO1. The molecule has 1 heterocycles. The van der Waals surface area contributed by atoms with Crippen molar-refractivity contribution in [2.24, 2.45) is 11.1 Å². The normalized spacial score (nSPS) is 24.4.